The lowest BCUT2D eigenvalue weighted by atomic mass is 9.99. The normalized spacial score (nSPS) is 17.5. The van der Waals surface area contributed by atoms with E-state index in [9.17, 15) is 13.2 Å². The molecule has 18 heavy (non-hydrogen) atoms. The van der Waals surface area contributed by atoms with Gasteiger partial charge in [-0.2, -0.15) is 13.2 Å². The first-order chi connectivity index (χ1) is 8.38. The maximum absolute atomic E-state index is 12.4. The molecule has 0 spiro atoms. The molecule has 100 valence electrons. The minimum Gasteiger partial charge on any atom is -0.382 e. The lowest BCUT2D eigenvalue weighted by Crippen LogP contribution is -2.43. The fourth-order valence-corrected chi connectivity index (χ4v) is 2.31. The SMILES string of the molecule is Cc1ccc2c(c1)CCCN2CC(O)C(F)(F)F. The summed E-state index contributed by atoms with van der Waals surface area (Å²) in [7, 11) is 0. The average molecular weight is 259 g/mol. The highest BCUT2D eigenvalue weighted by Crippen LogP contribution is 2.30. The predicted molar refractivity (Wildman–Crippen MR) is 63.8 cm³/mol. The Morgan fingerprint density at radius 2 is 2.11 bits per heavy atom. The highest BCUT2D eigenvalue weighted by Gasteiger charge is 2.39. The summed E-state index contributed by atoms with van der Waals surface area (Å²) in [6, 6.07) is 5.73. The van der Waals surface area contributed by atoms with Crippen LogP contribution >= 0.6 is 0 Å². The summed E-state index contributed by atoms with van der Waals surface area (Å²) in [6.45, 7) is 2.13. The van der Waals surface area contributed by atoms with Gasteiger partial charge in [-0.25, -0.2) is 0 Å². The molecule has 5 heteroatoms. The smallest absolute Gasteiger partial charge is 0.382 e. The number of anilines is 1. The van der Waals surface area contributed by atoms with Gasteiger partial charge in [-0.15, -0.1) is 0 Å². The summed E-state index contributed by atoms with van der Waals surface area (Å²) in [6.07, 6.45) is -5.14. The molecule has 1 unspecified atom stereocenters. The van der Waals surface area contributed by atoms with Crippen molar-refractivity contribution in [3.63, 3.8) is 0 Å². The minimum atomic E-state index is -4.55. The molecule has 1 N–H and O–H groups in total. The largest absolute Gasteiger partial charge is 0.416 e. The van der Waals surface area contributed by atoms with Gasteiger partial charge in [0.25, 0.3) is 0 Å². The van der Waals surface area contributed by atoms with Crippen molar-refractivity contribution >= 4 is 5.69 Å². The Bertz CT molecular complexity index is 431. The lowest BCUT2D eigenvalue weighted by molar-refractivity contribution is -0.200. The Labute approximate surface area is 104 Å². The number of hydrogen-bond acceptors (Lipinski definition) is 2. The minimum absolute atomic E-state index is 0.389. The molecule has 0 aromatic heterocycles. The van der Waals surface area contributed by atoms with Crippen LogP contribution in [0.3, 0.4) is 0 Å². The van der Waals surface area contributed by atoms with Gasteiger partial charge in [-0.1, -0.05) is 17.7 Å². The van der Waals surface area contributed by atoms with E-state index >= 15 is 0 Å². The highest BCUT2D eigenvalue weighted by atomic mass is 19.4. The van der Waals surface area contributed by atoms with Crippen LogP contribution in [0.5, 0.6) is 0 Å². The van der Waals surface area contributed by atoms with Crippen LogP contribution in [0.4, 0.5) is 18.9 Å². The van der Waals surface area contributed by atoms with E-state index in [0.717, 1.165) is 29.7 Å². The quantitative estimate of drug-likeness (QED) is 0.882. The second kappa shape index (κ2) is 4.80. The number of benzene rings is 1. The van der Waals surface area contributed by atoms with Gasteiger partial charge in [-0.3, -0.25) is 0 Å². The van der Waals surface area contributed by atoms with Crippen LogP contribution in [-0.2, 0) is 6.42 Å². The molecule has 0 saturated carbocycles. The molecule has 2 rings (SSSR count). The molecule has 1 atom stereocenters. The molecule has 0 aliphatic carbocycles. The van der Waals surface area contributed by atoms with E-state index in [-0.39, 0.29) is 6.54 Å². The van der Waals surface area contributed by atoms with E-state index in [0.29, 0.717) is 6.54 Å². The third-order valence-electron chi connectivity index (χ3n) is 3.22. The number of nitrogens with zero attached hydrogens (tertiary/aromatic N) is 1. The molecule has 1 aromatic carbocycles. The van der Waals surface area contributed by atoms with E-state index in [1.807, 2.05) is 25.1 Å². The van der Waals surface area contributed by atoms with Crippen molar-refractivity contribution in [1.82, 2.24) is 0 Å². The highest BCUT2D eigenvalue weighted by molar-refractivity contribution is 5.56. The van der Waals surface area contributed by atoms with Crippen LogP contribution in [0, 0.1) is 6.92 Å². The maximum atomic E-state index is 12.4. The van der Waals surface area contributed by atoms with Gasteiger partial charge in [0, 0.05) is 12.2 Å². The van der Waals surface area contributed by atoms with Crippen molar-refractivity contribution in [3.05, 3.63) is 29.3 Å². The number of β-amino-alcohol motifs (C(OH)–C–C–N with tert-alkyl or cyclic N) is 1. The van der Waals surface area contributed by atoms with E-state index in [1.54, 1.807) is 4.90 Å². The van der Waals surface area contributed by atoms with Crippen molar-refractivity contribution in [3.8, 4) is 0 Å². The number of aliphatic hydroxyl groups is 1. The van der Waals surface area contributed by atoms with Crippen molar-refractivity contribution in [2.45, 2.75) is 32.0 Å². The van der Waals surface area contributed by atoms with Crippen LogP contribution < -0.4 is 4.90 Å². The number of fused-ring (bicyclic) bond motifs is 1. The molecular weight excluding hydrogens is 243 g/mol. The zero-order chi connectivity index (χ0) is 13.3. The van der Waals surface area contributed by atoms with Gasteiger partial charge in [-0.05, 0) is 31.4 Å². The average Bonchev–Trinajstić information content (AvgIpc) is 2.27. The predicted octanol–water partition coefficient (Wildman–Crippen LogP) is 2.67. The van der Waals surface area contributed by atoms with E-state index in [2.05, 4.69) is 0 Å². The summed E-state index contributed by atoms with van der Waals surface area (Å²) in [5.74, 6) is 0. The zero-order valence-electron chi connectivity index (χ0n) is 10.2. The molecule has 1 heterocycles. The lowest BCUT2D eigenvalue weighted by Gasteiger charge is -2.33. The fraction of sp³-hybridized carbons (Fsp3) is 0.538. The Hall–Kier alpha value is -1.23. The molecule has 2 nitrogen and oxygen atoms in total. The number of aliphatic hydroxyl groups excluding tert-OH is 1. The third-order valence-corrected chi connectivity index (χ3v) is 3.22. The number of halogens is 3. The second-order valence-electron chi connectivity index (χ2n) is 4.74. The summed E-state index contributed by atoms with van der Waals surface area (Å²) >= 11 is 0. The number of rotatable bonds is 2. The first kappa shape index (κ1) is 13.2. The number of hydrogen-bond donors (Lipinski definition) is 1. The first-order valence-electron chi connectivity index (χ1n) is 5.97. The molecular formula is C13H16F3NO. The van der Waals surface area contributed by atoms with Crippen molar-refractivity contribution in [2.24, 2.45) is 0 Å². The second-order valence-corrected chi connectivity index (χ2v) is 4.74. The summed E-state index contributed by atoms with van der Waals surface area (Å²) in [5, 5.41) is 9.15. The van der Waals surface area contributed by atoms with Crippen LogP contribution in [0.1, 0.15) is 17.5 Å². The third kappa shape index (κ3) is 2.77. The van der Waals surface area contributed by atoms with Gasteiger partial charge in [0.05, 0.1) is 6.54 Å². The van der Waals surface area contributed by atoms with E-state index in [1.165, 1.54) is 0 Å². The monoisotopic (exact) mass is 259 g/mol. The molecule has 1 aliphatic heterocycles. The fourth-order valence-electron chi connectivity index (χ4n) is 2.31. The number of aryl methyl sites for hydroxylation is 2. The molecule has 0 amide bonds. The van der Waals surface area contributed by atoms with Crippen LogP contribution in [0.15, 0.2) is 18.2 Å². The van der Waals surface area contributed by atoms with Crippen LogP contribution in [0.25, 0.3) is 0 Å². The molecule has 1 aliphatic rings. The van der Waals surface area contributed by atoms with E-state index < -0.39 is 12.3 Å². The summed E-state index contributed by atoms with van der Waals surface area (Å²) in [4.78, 5) is 1.62. The Morgan fingerprint density at radius 1 is 1.39 bits per heavy atom. The van der Waals surface area contributed by atoms with Gasteiger partial charge >= 0.3 is 6.18 Å². The molecule has 0 saturated heterocycles. The van der Waals surface area contributed by atoms with Crippen molar-refractivity contribution in [2.75, 3.05) is 18.0 Å². The Balaban J connectivity index is 2.18. The molecule has 0 bridgehead atoms. The number of alkyl halides is 3. The molecule has 0 fully saturated rings. The van der Waals surface area contributed by atoms with Gasteiger partial charge < -0.3 is 10.0 Å². The van der Waals surface area contributed by atoms with Crippen LogP contribution in [0.2, 0.25) is 0 Å². The summed E-state index contributed by atoms with van der Waals surface area (Å²) in [5.41, 5.74) is 2.98. The van der Waals surface area contributed by atoms with Gasteiger partial charge in [0.15, 0.2) is 6.10 Å². The van der Waals surface area contributed by atoms with Crippen LogP contribution in [-0.4, -0.2) is 30.5 Å². The molecule has 1 aromatic rings. The van der Waals surface area contributed by atoms with Crippen molar-refractivity contribution in [1.29, 1.82) is 0 Å². The summed E-state index contributed by atoms with van der Waals surface area (Å²) < 4.78 is 37.1. The molecule has 0 radical (unpaired) electrons. The zero-order valence-corrected chi connectivity index (χ0v) is 10.2. The van der Waals surface area contributed by atoms with E-state index in [4.69, 9.17) is 5.11 Å². The van der Waals surface area contributed by atoms with Gasteiger partial charge in [0.2, 0.25) is 0 Å². The van der Waals surface area contributed by atoms with Gasteiger partial charge in [0.1, 0.15) is 0 Å². The topological polar surface area (TPSA) is 23.5 Å². The standard InChI is InChI=1S/C13H16F3NO/c1-9-4-5-11-10(7-9)3-2-6-17(11)8-12(18)13(14,15)16/h4-5,7,12,18H,2-3,6,8H2,1H3. The maximum Gasteiger partial charge on any atom is 0.416 e. The Kier molecular flexibility index (Phi) is 3.52. The Morgan fingerprint density at radius 3 is 2.78 bits per heavy atom. The first-order valence-corrected chi connectivity index (χ1v) is 5.97. The van der Waals surface area contributed by atoms with Crippen molar-refractivity contribution < 1.29 is 18.3 Å².